The average Bonchev–Trinajstić information content (AvgIpc) is 2.48. The predicted molar refractivity (Wildman–Crippen MR) is 74.9 cm³/mol. The maximum Gasteiger partial charge on any atom is 0.328 e. The van der Waals surface area contributed by atoms with Gasteiger partial charge in [0.1, 0.15) is 11.2 Å². The Hall–Kier alpha value is -1.33. The van der Waals surface area contributed by atoms with Gasteiger partial charge in [-0.05, 0) is 25.3 Å². The largest absolute Gasteiger partial charge is 0.467 e. The molecule has 0 bridgehead atoms. The molecule has 5 nitrogen and oxygen atoms in total. The fourth-order valence-electron chi connectivity index (χ4n) is 2.29. The van der Waals surface area contributed by atoms with Crippen molar-refractivity contribution in [2.75, 3.05) is 13.7 Å². The lowest BCUT2D eigenvalue weighted by Crippen LogP contribution is -2.48. The number of ether oxygens (including phenoxy) is 1. The van der Waals surface area contributed by atoms with E-state index in [0.717, 1.165) is 12.8 Å². The van der Waals surface area contributed by atoms with Gasteiger partial charge in [-0.15, -0.1) is 0 Å². The van der Waals surface area contributed by atoms with Crippen LogP contribution in [0.4, 0.5) is 0 Å². The lowest BCUT2D eigenvalue weighted by Gasteiger charge is -2.33. The molecule has 0 aromatic carbocycles. The zero-order valence-electron chi connectivity index (χ0n) is 10.9. The van der Waals surface area contributed by atoms with E-state index in [0.29, 0.717) is 13.0 Å². The lowest BCUT2D eigenvalue weighted by molar-refractivity contribution is -0.147. The van der Waals surface area contributed by atoms with Crippen LogP contribution >= 0.6 is 23.2 Å². The molecule has 7 heteroatoms. The highest BCUT2D eigenvalue weighted by Crippen LogP contribution is 2.25. The molecule has 1 unspecified atom stereocenters. The van der Waals surface area contributed by atoms with E-state index < -0.39 is 12.0 Å². The van der Waals surface area contributed by atoms with Crippen molar-refractivity contribution in [2.45, 2.75) is 25.3 Å². The minimum absolute atomic E-state index is 0.185. The molecule has 0 aliphatic carbocycles. The fraction of sp³-hybridized carbons (Fsp3) is 0.462. The first-order valence-electron chi connectivity index (χ1n) is 6.24. The molecule has 0 radical (unpaired) electrons. The van der Waals surface area contributed by atoms with Crippen LogP contribution in [-0.2, 0) is 9.53 Å². The first-order valence-corrected chi connectivity index (χ1v) is 7.00. The van der Waals surface area contributed by atoms with Crippen LogP contribution < -0.4 is 0 Å². The number of rotatable bonds is 2. The molecular formula is C13H14Cl2N2O3. The maximum atomic E-state index is 12.6. The molecule has 2 heterocycles. The molecule has 1 amide bonds. The normalized spacial score (nSPS) is 18.8. The van der Waals surface area contributed by atoms with E-state index in [4.69, 9.17) is 27.9 Å². The second-order valence-corrected chi connectivity index (χ2v) is 5.31. The molecule has 1 aliphatic heterocycles. The van der Waals surface area contributed by atoms with Gasteiger partial charge in [-0.1, -0.05) is 23.2 Å². The third kappa shape index (κ3) is 3.04. The summed E-state index contributed by atoms with van der Waals surface area (Å²) < 4.78 is 4.76. The molecule has 1 fully saturated rings. The molecule has 1 atom stereocenters. The molecule has 2 rings (SSSR count). The number of hydrogen-bond donors (Lipinski definition) is 0. The highest BCUT2D eigenvalue weighted by atomic mass is 35.5. The summed E-state index contributed by atoms with van der Waals surface area (Å²) in [5.41, 5.74) is 0.252. The molecule has 108 valence electrons. The molecule has 1 saturated heterocycles. The van der Waals surface area contributed by atoms with Crippen LogP contribution in [0.2, 0.25) is 10.2 Å². The van der Waals surface area contributed by atoms with E-state index >= 15 is 0 Å². The summed E-state index contributed by atoms with van der Waals surface area (Å²) in [6.07, 6.45) is 3.65. The molecule has 20 heavy (non-hydrogen) atoms. The monoisotopic (exact) mass is 316 g/mol. The second-order valence-electron chi connectivity index (χ2n) is 4.52. The number of halogens is 2. The van der Waals surface area contributed by atoms with Gasteiger partial charge < -0.3 is 9.64 Å². The molecular weight excluding hydrogens is 303 g/mol. The van der Waals surface area contributed by atoms with E-state index in [1.165, 1.54) is 24.3 Å². The Morgan fingerprint density at radius 3 is 2.85 bits per heavy atom. The molecule has 1 aliphatic rings. The van der Waals surface area contributed by atoms with Crippen molar-refractivity contribution in [3.05, 3.63) is 28.0 Å². The number of aromatic nitrogens is 1. The first kappa shape index (κ1) is 15.1. The number of pyridine rings is 1. The van der Waals surface area contributed by atoms with E-state index in [1.54, 1.807) is 0 Å². The van der Waals surface area contributed by atoms with E-state index in [-0.39, 0.29) is 21.6 Å². The van der Waals surface area contributed by atoms with Crippen molar-refractivity contribution in [1.82, 2.24) is 9.88 Å². The third-order valence-corrected chi connectivity index (χ3v) is 3.80. The SMILES string of the molecule is COC(=O)C1CCCCN1C(=O)c1cc(Cl)ncc1Cl. The number of methoxy groups -OCH3 is 1. The van der Waals surface area contributed by atoms with E-state index in [2.05, 4.69) is 4.98 Å². The summed E-state index contributed by atoms with van der Waals surface area (Å²) in [5, 5.41) is 0.401. The third-order valence-electron chi connectivity index (χ3n) is 3.29. The number of esters is 1. The van der Waals surface area contributed by atoms with Crippen LogP contribution in [0.25, 0.3) is 0 Å². The zero-order valence-corrected chi connectivity index (χ0v) is 12.4. The standard InChI is InChI=1S/C13H14Cl2N2O3/c1-20-13(19)10-4-2-3-5-17(10)12(18)8-6-11(15)16-7-9(8)14/h6-7,10H,2-5H2,1H3. The van der Waals surface area contributed by atoms with Crippen molar-refractivity contribution in [3.8, 4) is 0 Å². The number of amides is 1. The van der Waals surface area contributed by atoms with Crippen LogP contribution in [0.3, 0.4) is 0 Å². The first-order chi connectivity index (χ1) is 9.54. The topological polar surface area (TPSA) is 59.5 Å². The molecule has 0 N–H and O–H groups in total. The Labute approximate surface area is 126 Å². The lowest BCUT2D eigenvalue weighted by atomic mass is 10.0. The van der Waals surface area contributed by atoms with Gasteiger partial charge in [0.15, 0.2) is 0 Å². The average molecular weight is 317 g/mol. The van der Waals surface area contributed by atoms with Crippen molar-refractivity contribution < 1.29 is 14.3 Å². The molecule has 0 spiro atoms. The van der Waals surface area contributed by atoms with Crippen molar-refractivity contribution in [2.24, 2.45) is 0 Å². The summed E-state index contributed by atoms with van der Waals surface area (Å²) >= 11 is 11.8. The Bertz CT molecular complexity index is 536. The summed E-state index contributed by atoms with van der Waals surface area (Å²) in [7, 11) is 1.32. The second kappa shape index (κ2) is 6.41. The van der Waals surface area contributed by atoms with Gasteiger partial charge in [-0.2, -0.15) is 0 Å². The Morgan fingerprint density at radius 2 is 2.15 bits per heavy atom. The van der Waals surface area contributed by atoms with Gasteiger partial charge in [-0.25, -0.2) is 9.78 Å². The number of carbonyl (C=O) groups is 2. The molecule has 0 saturated carbocycles. The fourth-order valence-corrected chi connectivity index (χ4v) is 2.63. The van der Waals surface area contributed by atoms with Crippen LogP contribution in [-0.4, -0.2) is 41.5 Å². The van der Waals surface area contributed by atoms with Crippen LogP contribution in [0.15, 0.2) is 12.3 Å². The van der Waals surface area contributed by atoms with Crippen molar-refractivity contribution >= 4 is 35.1 Å². The van der Waals surface area contributed by atoms with Gasteiger partial charge in [0.05, 0.1) is 17.7 Å². The Kier molecular flexibility index (Phi) is 4.83. The van der Waals surface area contributed by atoms with Crippen LogP contribution in [0, 0.1) is 0 Å². The number of hydrogen-bond acceptors (Lipinski definition) is 4. The highest BCUT2D eigenvalue weighted by Gasteiger charge is 2.34. The Balaban J connectivity index is 2.30. The van der Waals surface area contributed by atoms with E-state index in [9.17, 15) is 9.59 Å². The van der Waals surface area contributed by atoms with Crippen LogP contribution in [0.5, 0.6) is 0 Å². The molecule has 1 aromatic rings. The molecule has 1 aromatic heterocycles. The van der Waals surface area contributed by atoms with Crippen molar-refractivity contribution in [3.63, 3.8) is 0 Å². The minimum Gasteiger partial charge on any atom is -0.467 e. The Morgan fingerprint density at radius 1 is 1.40 bits per heavy atom. The van der Waals surface area contributed by atoms with Gasteiger partial charge in [0.25, 0.3) is 5.91 Å². The number of piperidine rings is 1. The van der Waals surface area contributed by atoms with Gasteiger partial charge in [0, 0.05) is 12.7 Å². The number of carbonyl (C=O) groups excluding carboxylic acids is 2. The maximum absolute atomic E-state index is 12.6. The smallest absolute Gasteiger partial charge is 0.328 e. The summed E-state index contributed by atoms with van der Waals surface area (Å²) in [6.45, 7) is 0.495. The van der Waals surface area contributed by atoms with Crippen LogP contribution in [0.1, 0.15) is 29.6 Å². The van der Waals surface area contributed by atoms with E-state index in [1.807, 2.05) is 0 Å². The summed E-state index contributed by atoms with van der Waals surface area (Å²) in [6, 6.07) is 0.846. The quantitative estimate of drug-likeness (QED) is 0.621. The van der Waals surface area contributed by atoms with Gasteiger partial charge >= 0.3 is 5.97 Å². The van der Waals surface area contributed by atoms with Crippen molar-refractivity contribution in [1.29, 1.82) is 0 Å². The van der Waals surface area contributed by atoms with Gasteiger partial charge in [-0.3, -0.25) is 4.79 Å². The number of likely N-dealkylation sites (tertiary alicyclic amines) is 1. The van der Waals surface area contributed by atoms with Gasteiger partial charge in [0.2, 0.25) is 0 Å². The highest BCUT2D eigenvalue weighted by molar-refractivity contribution is 6.35. The number of nitrogens with zero attached hydrogens (tertiary/aromatic N) is 2. The minimum atomic E-state index is -0.566. The zero-order chi connectivity index (χ0) is 14.7. The summed E-state index contributed by atoms with van der Waals surface area (Å²) in [4.78, 5) is 29.6. The predicted octanol–water partition coefficient (Wildman–Crippen LogP) is 2.56. The summed E-state index contributed by atoms with van der Waals surface area (Å²) in [5.74, 6) is -0.733.